The van der Waals surface area contributed by atoms with Gasteiger partial charge in [0.05, 0.1) is 48.0 Å². The van der Waals surface area contributed by atoms with Gasteiger partial charge in [0.25, 0.3) is 0 Å². The lowest BCUT2D eigenvalue weighted by Crippen LogP contribution is -2.75. The Hall–Kier alpha value is -6.42. The fourth-order valence-electron chi connectivity index (χ4n) is 8.55. The predicted molar refractivity (Wildman–Crippen MR) is 252 cm³/mol. The molecular weight excluding hydrogens is 731 g/mol. The Morgan fingerprint density at radius 2 is 1.19 bits per heavy atom. The average molecular weight is 805 g/mol. The molecule has 0 radical (unpaired) electrons. The zero-order valence-corrected chi connectivity index (χ0v) is 33.1. The highest BCUT2D eigenvalue weighted by Gasteiger charge is 2.44. The van der Waals surface area contributed by atoms with Gasteiger partial charge in [-0.3, -0.25) is 0 Å². The number of para-hydroxylation sites is 3. The Bertz CT molecular complexity index is 4680. The zero-order valence-electron chi connectivity index (χ0n) is 59.1. The molecule has 3 heteroatoms. The molecule has 286 valence electrons. The van der Waals surface area contributed by atoms with Crippen LogP contribution in [0.25, 0.3) is 60.6 Å². The molecule has 10 aromatic rings. The van der Waals surface area contributed by atoms with Crippen molar-refractivity contribution in [3.63, 3.8) is 0 Å². The van der Waals surface area contributed by atoms with E-state index >= 15 is 0 Å². The summed E-state index contributed by atoms with van der Waals surface area (Å²) in [5.41, 5.74) is -4.38. The first kappa shape index (κ1) is 17.4. The van der Waals surface area contributed by atoms with Crippen molar-refractivity contribution < 1.29 is 41.4 Å². The zero-order chi connectivity index (χ0) is 63.4. The summed E-state index contributed by atoms with van der Waals surface area (Å²) in [7, 11) is -5.78. The fraction of sp³-hybridized carbons (Fsp3) is 0.143. The summed E-state index contributed by atoms with van der Waals surface area (Å²) in [6, 6.07) is -18.4. The van der Waals surface area contributed by atoms with Crippen LogP contribution >= 0.6 is 0 Å². The SMILES string of the molecule is [2H]c1cc([2H])c2c3c([2H])c(-c4c([2H])c([2H])c([2H])c5c4oc4c([2H])c([2H])c([2H])c([2H])c45)c([2H])c([2H])c3n(-c3c([2H])c([2H])c([2H])c([Si](c4ccc5c(c4)C(C)(C)CCC5(C)C)(c4c([2H])c([2H])c([2H])c([2H])c4[2H])c4c([2H])c([2H])c([2H])c([2H])c4[2H])c3[2H])c2c1[2H]. The van der Waals surface area contributed by atoms with Gasteiger partial charge in [0.15, 0.2) is 8.07 Å². The van der Waals surface area contributed by atoms with E-state index in [1.54, 1.807) is 12.1 Å². The highest BCUT2D eigenvalue weighted by Crippen LogP contribution is 2.45. The number of furan rings is 1. The number of aromatic nitrogens is 1. The molecule has 2 heterocycles. The Labute approximate surface area is 385 Å². The minimum atomic E-state index is -5.78. The number of rotatable bonds is 6. The molecule has 2 aromatic heterocycles. The molecule has 8 aromatic carbocycles. The van der Waals surface area contributed by atoms with E-state index in [2.05, 4.69) is 0 Å². The van der Waals surface area contributed by atoms with Gasteiger partial charge in [0, 0.05) is 32.8 Å². The second kappa shape index (κ2) is 13.3. The van der Waals surface area contributed by atoms with Crippen LogP contribution in [-0.4, -0.2) is 12.6 Å². The highest BCUT2D eigenvalue weighted by atomic mass is 28.3. The molecule has 1 aliphatic carbocycles. The predicted octanol–water partition coefficient (Wildman–Crippen LogP) is 12.1. The molecule has 0 saturated heterocycles. The molecule has 0 saturated carbocycles. The topological polar surface area (TPSA) is 18.1 Å². The van der Waals surface area contributed by atoms with Gasteiger partial charge < -0.3 is 8.98 Å². The average Bonchev–Trinajstić information content (AvgIpc) is 1.08. The number of nitrogens with zero attached hydrogens (tertiary/aromatic N) is 1. The number of hydrogen-bond donors (Lipinski definition) is 0. The summed E-state index contributed by atoms with van der Waals surface area (Å²) in [6.07, 6.45) is 1.24. The molecular formula is C56H47NOSi. The van der Waals surface area contributed by atoms with Crippen molar-refractivity contribution in [3.8, 4) is 16.8 Å². The molecule has 0 spiro atoms. The first-order chi connectivity index (χ1) is 40.0. The van der Waals surface area contributed by atoms with Crippen molar-refractivity contribution >= 4 is 72.6 Å². The summed E-state index contributed by atoms with van der Waals surface area (Å²) in [5.74, 6) is 0. The van der Waals surface area contributed by atoms with Gasteiger partial charge in [-0.05, 0) is 97.4 Å². The molecule has 0 unspecified atom stereocenters. The minimum absolute atomic E-state index is 0.0919. The van der Waals surface area contributed by atoms with Crippen LogP contribution in [0, 0.1) is 0 Å². The molecule has 0 aliphatic heterocycles. The lowest BCUT2D eigenvalue weighted by atomic mass is 9.63. The van der Waals surface area contributed by atoms with Crippen molar-refractivity contribution in [1.82, 2.24) is 4.57 Å². The van der Waals surface area contributed by atoms with E-state index in [-0.39, 0.29) is 10.6 Å². The summed E-state index contributed by atoms with van der Waals surface area (Å²) in [4.78, 5) is 0. The van der Waals surface area contributed by atoms with Gasteiger partial charge >= 0.3 is 0 Å². The molecule has 2 nitrogen and oxygen atoms in total. The van der Waals surface area contributed by atoms with Crippen LogP contribution in [0.2, 0.25) is 0 Å². The number of fused-ring (bicyclic) bond motifs is 7. The van der Waals surface area contributed by atoms with E-state index in [1.807, 2.05) is 27.7 Å². The molecule has 0 N–H and O–H groups in total. The van der Waals surface area contributed by atoms with Crippen molar-refractivity contribution in [1.29, 1.82) is 0 Å². The number of hydrogen-bond acceptors (Lipinski definition) is 1. The Balaban J connectivity index is 1.41. The van der Waals surface area contributed by atoms with Crippen LogP contribution < -0.4 is 20.7 Å². The van der Waals surface area contributed by atoms with Crippen molar-refractivity contribution in [2.45, 2.75) is 51.4 Å². The molecule has 59 heavy (non-hydrogen) atoms. The van der Waals surface area contributed by atoms with Crippen LogP contribution in [0.3, 0.4) is 0 Å². The quantitative estimate of drug-likeness (QED) is 0.121. The summed E-state index contributed by atoms with van der Waals surface area (Å²) < 4.78 is 260. The lowest BCUT2D eigenvalue weighted by Gasteiger charge is -2.43. The maximum absolute atomic E-state index is 10.7. The normalized spacial score (nSPS) is 21.3. The third-order valence-corrected chi connectivity index (χ3v) is 15.8. The van der Waals surface area contributed by atoms with Crippen molar-refractivity contribution in [2.24, 2.45) is 0 Å². The summed E-state index contributed by atoms with van der Waals surface area (Å²) in [6.45, 7) is 7.85. The minimum Gasteiger partial charge on any atom is -0.455 e. The monoisotopic (exact) mass is 805 g/mol. The smallest absolute Gasteiger partial charge is 0.179 e. The van der Waals surface area contributed by atoms with Gasteiger partial charge in [-0.15, -0.1) is 0 Å². The first-order valence-corrected chi connectivity index (χ1v) is 20.9. The molecule has 0 fully saturated rings. The molecule has 0 amide bonds. The summed E-state index contributed by atoms with van der Waals surface area (Å²) in [5, 5.41) is -4.10. The lowest BCUT2D eigenvalue weighted by molar-refractivity contribution is 0.332. The van der Waals surface area contributed by atoms with E-state index in [0.29, 0.717) is 18.4 Å². The third-order valence-electron chi connectivity index (χ3n) is 11.6. The van der Waals surface area contributed by atoms with E-state index in [1.165, 1.54) is 6.07 Å². The van der Waals surface area contributed by atoms with Crippen LogP contribution in [-0.2, 0) is 10.8 Å². The second-order valence-electron chi connectivity index (χ2n) is 15.9. The molecule has 0 atom stereocenters. The first-order valence-electron chi connectivity index (χ1n) is 32.4. The van der Waals surface area contributed by atoms with E-state index in [4.69, 9.17) is 22.2 Å². The van der Waals surface area contributed by atoms with Crippen molar-refractivity contribution in [2.75, 3.05) is 0 Å². The van der Waals surface area contributed by atoms with Crippen LogP contribution in [0.15, 0.2) is 192 Å². The Morgan fingerprint density at radius 3 is 1.97 bits per heavy atom. The maximum atomic E-state index is 10.7. The molecule has 1 aliphatic rings. The fourth-order valence-corrected chi connectivity index (χ4v) is 12.4. The molecule has 11 rings (SSSR count). The largest absolute Gasteiger partial charge is 0.455 e. The van der Waals surface area contributed by atoms with Gasteiger partial charge in [-0.2, -0.15) is 0 Å². The third kappa shape index (κ3) is 5.45. The van der Waals surface area contributed by atoms with E-state index in [0.717, 1.165) is 16.2 Å². The van der Waals surface area contributed by atoms with Crippen LogP contribution in [0.4, 0.5) is 0 Å². The highest BCUT2D eigenvalue weighted by molar-refractivity contribution is 7.19. The van der Waals surface area contributed by atoms with E-state index < -0.39 is 253 Å². The summed E-state index contributed by atoms with van der Waals surface area (Å²) >= 11 is 0. The van der Waals surface area contributed by atoms with Crippen molar-refractivity contribution in [3.05, 3.63) is 199 Å². The van der Waals surface area contributed by atoms with Gasteiger partial charge in [-0.25, -0.2) is 0 Å². The van der Waals surface area contributed by atoms with Gasteiger partial charge in [-0.1, -0.05) is 179 Å². The Morgan fingerprint density at radius 1 is 0.525 bits per heavy atom. The second-order valence-corrected chi connectivity index (χ2v) is 19.4. The van der Waals surface area contributed by atoms with Gasteiger partial charge in [0.1, 0.15) is 11.2 Å². The number of benzene rings is 8. The Kier molecular flexibility index (Phi) is 3.93. The van der Waals surface area contributed by atoms with E-state index in [9.17, 15) is 19.2 Å². The van der Waals surface area contributed by atoms with Crippen LogP contribution in [0.1, 0.15) is 88.7 Å². The maximum Gasteiger partial charge on any atom is 0.179 e. The molecule has 0 bridgehead atoms. The standard InChI is InChI=1S/C56H47NOSi/c1-55(2)33-34-56(3,4)50-37-43(30-31-49(50)55)59(40-18-7-5-8-19-40,41-20-9-6-10-21-41)42-22-15-17-39(36-42)57-51-27-13-11-23-45(51)48-35-38(29-32-52(48)57)44-25-16-26-47-46-24-12-14-28-53(46)58-54(44)47/h5-32,35-37H,33-34H2,1-4H3/i5D,6D,7D,8D,9D,10D,12D,13D,14D,15D,16D,17D,18D,19D,20D,21D,22D,23D,24D,25D,26D,27D,28D,29D,32D,35D,36D. The van der Waals surface area contributed by atoms with Crippen LogP contribution in [0.5, 0.6) is 0 Å². The van der Waals surface area contributed by atoms with Gasteiger partial charge in [0.2, 0.25) is 0 Å².